The van der Waals surface area contributed by atoms with E-state index in [2.05, 4.69) is 10.2 Å². The van der Waals surface area contributed by atoms with Gasteiger partial charge in [0.1, 0.15) is 5.82 Å². The van der Waals surface area contributed by atoms with Crippen LogP contribution in [0.1, 0.15) is 24.8 Å². The molecule has 0 aromatic heterocycles. The van der Waals surface area contributed by atoms with Crippen molar-refractivity contribution in [1.82, 2.24) is 4.90 Å². The van der Waals surface area contributed by atoms with Crippen LogP contribution in [-0.2, 0) is 4.79 Å². The van der Waals surface area contributed by atoms with Crippen LogP contribution in [0.25, 0.3) is 0 Å². The molecule has 1 aliphatic rings. The number of benzene rings is 1. The first kappa shape index (κ1) is 14.9. The predicted molar refractivity (Wildman–Crippen MR) is 78.0 cm³/mol. The second-order valence-corrected chi connectivity index (χ2v) is 5.37. The molecule has 0 spiro atoms. The quantitative estimate of drug-likeness (QED) is 0.885. The molecule has 1 saturated heterocycles. The average molecular weight is 279 g/mol. The fourth-order valence-corrected chi connectivity index (χ4v) is 2.59. The lowest BCUT2D eigenvalue weighted by Crippen LogP contribution is -2.47. The van der Waals surface area contributed by atoms with Gasteiger partial charge in [-0.15, -0.1) is 0 Å². The van der Waals surface area contributed by atoms with Crippen LogP contribution in [0.4, 0.5) is 10.1 Å². The highest BCUT2D eigenvalue weighted by Gasteiger charge is 2.22. The number of carbonyl (C=O) groups excluding carboxylic acids is 1. The summed E-state index contributed by atoms with van der Waals surface area (Å²) in [4.78, 5) is 14.1. The summed E-state index contributed by atoms with van der Waals surface area (Å²) in [7, 11) is 0. The highest BCUT2D eigenvalue weighted by Crippen LogP contribution is 2.17. The molecule has 110 valence electrons. The number of amides is 1. The predicted octanol–water partition coefficient (Wildman–Crippen LogP) is 1.89. The maximum absolute atomic E-state index is 13.4. The molecule has 4 nitrogen and oxygen atoms in total. The SMILES string of the molecule is Cc1ccc(NC(=O)CN2CCCCC2CN)cc1F. The van der Waals surface area contributed by atoms with E-state index in [0.29, 0.717) is 24.3 Å². The molecule has 20 heavy (non-hydrogen) atoms. The summed E-state index contributed by atoms with van der Waals surface area (Å²) < 4.78 is 13.4. The molecule has 0 aliphatic carbocycles. The van der Waals surface area contributed by atoms with Crippen molar-refractivity contribution in [1.29, 1.82) is 0 Å². The second-order valence-electron chi connectivity index (χ2n) is 5.37. The van der Waals surface area contributed by atoms with Crippen molar-refractivity contribution in [2.24, 2.45) is 5.73 Å². The number of nitrogens with one attached hydrogen (secondary N) is 1. The summed E-state index contributed by atoms with van der Waals surface area (Å²) >= 11 is 0. The summed E-state index contributed by atoms with van der Waals surface area (Å²) in [6.45, 7) is 3.49. The molecule has 0 radical (unpaired) electrons. The lowest BCUT2D eigenvalue weighted by atomic mass is 10.0. The van der Waals surface area contributed by atoms with E-state index < -0.39 is 0 Å². The Hall–Kier alpha value is -1.46. The first-order chi connectivity index (χ1) is 9.60. The monoisotopic (exact) mass is 279 g/mol. The Balaban J connectivity index is 1.92. The molecule has 1 fully saturated rings. The van der Waals surface area contributed by atoms with Gasteiger partial charge in [-0.25, -0.2) is 4.39 Å². The third kappa shape index (κ3) is 3.77. The van der Waals surface area contributed by atoms with Crippen molar-refractivity contribution in [3.05, 3.63) is 29.6 Å². The summed E-state index contributed by atoms with van der Waals surface area (Å²) in [6.07, 6.45) is 3.31. The Labute approximate surface area is 119 Å². The number of piperidine rings is 1. The van der Waals surface area contributed by atoms with E-state index in [0.717, 1.165) is 19.4 Å². The van der Waals surface area contributed by atoms with Gasteiger partial charge in [-0.1, -0.05) is 12.5 Å². The van der Waals surface area contributed by atoms with Crippen molar-refractivity contribution in [2.75, 3.05) is 25.0 Å². The lowest BCUT2D eigenvalue weighted by Gasteiger charge is -2.34. The molecule has 1 aromatic carbocycles. The number of hydrogen-bond donors (Lipinski definition) is 2. The summed E-state index contributed by atoms with van der Waals surface area (Å²) in [6, 6.07) is 5.01. The summed E-state index contributed by atoms with van der Waals surface area (Å²) in [5.41, 5.74) is 6.81. The minimum Gasteiger partial charge on any atom is -0.329 e. The Kier molecular flexibility index (Phi) is 5.09. The van der Waals surface area contributed by atoms with Gasteiger partial charge in [0.05, 0.1) is 6.54 Å². The van der Waals surface area contributed by atoms with E-state index in [-0.39, 0.29) is 17.8 Å². The Morgan fingerprint density at radius 2 is 2.30 bits per heavy atom. The zero-order valence-corrected chi connectivity index (χ0v) is 11.9. The standard InChI is InChI=1S/C15H22FN3O/c1-11-5-6-12(8-14(11)16)18-15(20)10-19-7-3-2-4-13(19)9-17/h5-6,8,13H,2-4,7,9-10,17H2,1H3,(H,18,20). The molecule has 1 aromatic rings. The Morgan fingerprint density at radius 1 is 1.50 bits per heavy atom. The molecule has 0 saturated carbocycles. The van der Waals surface area contributed by atoms with Crippen LogP contribution in [0.2, 0.25) is 0 Å². The van der Waals surface area contributed by atoms with Gasteiger partial charge in [-0.2, -0.15) is 0 Å². The number of nitrogens with zero attached hydrogens (tertiary/aromatic N) is 1. The first-order valence-corrected chi connectivity index (χ1v) is 7.10. The van der Waals surface area contributed by atoms with E-state index in [9.17, 15) is 9.18 Å². The summed E-state index contributed by atoms with van der Waals surface area (Å²) in [5, 5.41) is 2.74. The molecule has 5 heteroatoms. The molecule has 1 unspecified atom stereocenters. The number of halogens is 1. The Morgan fingerprint density at radius 3 is 3.00 bits per heavy atom. The first-order valence-electron chi connectivity index (χ1n) is 7.10. The number of hydrogen-bond acceptors (Lipinski definition) is 3. The largest absolute Gasteiger partial charge is 0.329 e. The molecule has 0 bridgehead atoms. The van der Waals surface area contributed by atoms with E-state index in [1.54, 1.807) is 19.1 Å². The van der Waals surface area contributed by atoms with E-state index in [1.807, 2.05) is 0 Å². The van der Waals surface area contributed by atoms with Gasteiger partial charge in [0, 0.05) is 18.3 Å². The minimum atomic E-state index is -0.305. The third-order valence-electron chi connectivity index (χ3n) is 3.82. The number of likely N-dealkylation sites (tertiary alicyclic amines) is 1. The van der Waals surface area contributed by atoms with Crippen LogP contribution in [0.15, 0.2) is 18.2 Å². The van der Waals surface area contributed by atoms with Crippen molar-refractivity contribution in [2.45, 2.75) is 32.2 Å². The third-order valence-corrected chi connectivity index (χ3v) is 3.82. The highest BCUT2D eigenvalue weighted by molar-refractivity contribution is 5.92. The van der Waals surface area contributed by atoms with Crippen LogP contribution in [0.3, 0.4) is 0 Å². The Bertz CT molecular complexity index is 478. The van der Waals surface area contributed by atoms with Crippen LogP contribution in [0.5, 0.6) is 0 Å². The van der Waals surface area contributed by atoms with E-state index in [1.165, 1.54) is 12.5 Å². The minimum absolute atomic E-state index is 0.117. The second kappa shape index (κ2) is 6.81. The topological polar surface area (TPSA) is 58.4 Å². The van der Waals surface area contributed by atoms with Gasteiger partial charge in [0.15, 0.2) is 0 Å². The zero-order chi connectivity index (χ0) is 14.5. The molecular weight excluding hydrogens is 257 g/mol. The zero-order valence-electron chi connectivity index (χ0n) is 11.9. The molecule has 1 amide bonds. The number of nitrogens with two attached hydrogens (primary N) is 1. The van der Waals surface area contributed by atoms with Gasteiger partial charge in [0.2, 0.25) is 5.91 Å². The van der Waals surface area contributed by atoms with E-state index >= 15 is 0 Å². The average Bonchev–Trinajstić information content (AvgIpc) is 2.43. The number of carbonyl (C=O) groups is 1. The molecule has 2 rings (SSSR count). The fourth-order valence-electron chi connectivity index (χ4n) is 2.59. The molecule has 1 atom stereocenters. The normalized spacial score (nSPS) is 19.9. The van der Waals surface area contributed by atoms with Crippen molar-refractivity contribution in [3.8, 4) is 0 Å². The van der Waals surface area contributed by atoms with Gasteiger partial charge in [0.25, 0.3) is 0 Å². The van der Waals surface area contributed by atoms with Gasteiger partial charge < -0.3 is 11.1 Å². The maximum atomic E-state index is 13.4. The van der Waals surface area contributed by atoms with Crippen LogP contribution in [0, 0.1) is 12.7 Å². The molecule has 3 N–H and O–H groups in total. The molecule has 1 aliphatic heterocycles. The van der Waals surface area contributed by atoms with Gasteiger partial charge >= 0.3 is 0 Å². The number of rotatable bonds is 4. The van der Waals surface area contributed by atoms with E-state index in [4.69, 9.17) is 5.73 Å². The van der Waals surface area contributed by atoms with Gasteiger partial charge in [-0.05, 0) is 44.0 Å². The molecule has 1 heterocycles. The summed E-state index contributed by atoms with van der Waals surface area (Å²) in [5.74, 6) is -0.422. The van der Waals surface area contributed by atoms with Gasteiger partial charge in [-0.3, -0.25) is 9.69 Å². The van der Waals surface area contributed by atoms with Crippen molar-refractivity contribution >= 4 is 11.6 Å². The maximum Gasteiger partial charge on any atom is 0.238 e. The van der Waals surface area contributed by atoms with Crippen molar-refractivity contribution < 1.29 is 9.18 Å². The van der Waals surface area contributed by atoms with Crippen LogP contribution >= 0.6 is 0 Å². The highest BCUT2D eigenvalue weighted by atomic mass is 19.1. The smallest absolute Gasteiger partial charge is 0.238 e. The lowest BCUT2D eigenvalue weighted by molar-refractivity contribution is -0.118. The number of anilines is 1. The van der Waals surface area contributed by atoms with Crippen molar-refractivity contribution in [3.63, 3.8) is 0 Å². The number of aryl methyl sites for hydroxylation is 1. The fraction of sp³-hybridized carbons (Fsp3) is 0.533. The van der Waals surface area contributed by atoms with Crippen LogP contribution < -0.4 is 11.1 Å². The van der Waals surface area contributed by atoms with Crippen LogP contribution in [-0.4, -0.2) is 36.5 Å². The molecular formula is C15H22FN3O.